The highest BCUT2D eigenvalue weighted by Gasteiger charge is 2.23. The lowest BCUT2D eigenvalue weighted by atomic mass is 10.3. The molecular formula is C14H21N5O4. The number of hydrogen-bond donors (Lipinski definition) is 1. The fourth-order valence-electron chi connectivity index (χ4n) is 2.41. The molecule has 1 fully saturated rings. The summed E-state index contributed by atoms with van der Waals surface area (Å²) in [6.45, 7) is 3.40. The molecule has 0 saturated carbocycles. The van der Waals surface area contributed by atoms with Crippen molar-refractivity contribution in [1.82, 2.24) is 24.9 Å². The van der Waals surface area contributed by atoms with Crippen LogP contribution < -0.4 is 10.1 Å². The Bertz CT molecular complexity index is 604. The van der Waals surface area contributed by atoms with Gasteiger partial charge in [0.1, 0.15) is 5.56 Å². The molecule has 9 heteroatoms. The largest absolute Gasteiger partial charge is 0.479 e. The lowest BCUT2D eigenvalue weighted by molar-refractivity contribution is -0.137. The number of nitrogens with one attached hydrogen (secondary N) is 1. The molecule has 9 nitrogen and oxygen atoms in total. The first-order valence-electron chi connectivity index (χ1n) is 7.31. The van der Waals surface area contributed by atoms with Gasteiger partial charge in [-0.1, -0.05) is 0 Å². The normalized spacial score (nSPS) is 14.6. The SMILES string of the molecule is COc1nn(C)cc1C(=O)NCC(=O)N1CCN(C(C)=O)CC1. The van der Waals surface area contributed by atoms with Crippen molar-refractivity contribution in [2.75, 3.05) is 39.8 Å². The Balaban J connectivity index is 1.85. The Morgan fingerprint density at radius 2 is 1.83 bits per heavy atom. The minimum atomic E-state index is -0.411. The summed E-state index contributed by atoms with van der Waals surface area (Å²) in [6, 6.07) is 0. The van der Waals surface area contributed by atoms with E-state index in [1.807, 2.05) is 0 Å². The standard InChI is InChI=1S/C14H21N5O4/c1-10(20)18-4-6-19(7-5-18)12(21)8-15-13(22)11-9-17(2)16-14(11)23-3/h9H,4-8H2,1-3H3,(H,15,22). The number of nitrogens with zero attached hydrogens (tertiary/aromatic N) is 4. The van der Waals surface area contributed by atoms with Crippen LogP contribution in [0.15, 0.2) is 6.20 Å². The van der Waals surface area contributed by atoms with E-state index in [2.05, 4.69) is 10.4 Å². The van der Waals surface area contributed by atoms with E-state index >= 15 is 0 Å². The number of hydrogen-bond acceptors (Lipinski definition) is 5. The Morgan fingerprint density at radius 1 is 1.22 bits per heavy atom. The van der Waals surface area contributed by atoms with Gasteiger partial charge in [0.25, 0.3) is 5.91 Å². The number of methoxy groups -OCH3 is 1. The molecule has 3 amide bonds. The molecule has 0 atom stereocenters. The van der Waals surface area contributed by atoms with Crippen LogP contribution in [-0.2, 0) is 16.6 Å². The van der Waals surface area contributed by atoms with Crippen molar-refractivity contribution in [2.24, 2.45) is 7.05 Å². The van der Waals surface area contributed by atoms with Crippen LogP contribution in [0.1, 0.15) is 17.3 Å². The first-order valence-corrected chi connectivity index (χ1v) is 7.31. The number of piperazine rings is 1. The number of rotatable bonds is 4. The summed E-state index contributed by atoms with van der Waals surface area (Å²) in [5, 5.41) is 6.57. The van der Waals surface area contributed by atoms with Crippen LogP contribution in [0.2, 0.25) is 0 Å². The summed E-state index contributed by atoms with van der Waals surface area (Å²) in [5.41, 5.74) is 0.282. The highest BCUT2D eigenvalue weighted by atomic mass is 16.5. The first-order chi connectivity index (χ1) is 10.9. The van der Waals surface area contributed by atoms with Gasteiger partial charge in [-0.3, -0.25) is 19.1 Å². The third kappa shape index (κ3) is 3.99. The van der Waals surface area contributed by atoms with Crippen LogP contribution in [0, 0.1) is 0 Å². The summed E-state index contributed by atoms with van der Waals surface area (Å²) in [7, 11) is 3.11. The maximum Gasteiger partial charge on any atom is 0.258 e. The van der Waals surface area contributed by atoms with Crippen molar-refractivity contribution in [3.05, 3.63) is 11.8 Å². The van der Waals surface area contributed by atoms with Crippen LogP contribution >= 0.6 is 0 Å². The molecule has 1 aromatic heterocycles. The number of aromatic nitrogens is 2. The second kappa shape index (κ2) is 7.12. The zero-order valence-electron chi connectivity index (χ0n) is 13.5. The van der Waals surface area contributed by atoms with Crippen LogP contribution in [0.3, 0.4) is 0 Å². The van der Waals surface area contributed by atoms with E-state index in [0.29, 0.717) is 26.2 Å². The van der Waals surface area contributed by atoms with Gasteiger partial charge in [0, 0.05) is 46.3 Å². The van der Waals surface area contributed by atoms with E-state index in [9.17, 15) is 14.4 Å². The van der Waals surface area contributed by atoms with Crippen LogP contribution in [0.5, 0.6) is 5.88 Å². The summed E-state index contributed by atoms with van der Waals surface area (Å²) >= 11 is 0. The third-order valence-corrected chi connectivity index (χ3v) is 3.71. The van der Waals surface area contributed by atoms with Crippen molar-refractivity contribution >= 4 is 17.7 Å². The minimum absolute atomic E-state index is 0.00840. The number of carbonyl (C=O) groups excluding carboxylic acids is 3. The van der Waals surface area contributed by atoms with Gasteiger partial charge in [-0.2, -0.15) is 0 Å². The number of ether oxygens (including phenoxy) is 1. The van der Waals surface area contributed by atoms with Gasteiger partial charge in [-0.25, -0.2) is 0 Å². The number of amides is 3. The molecule has 0 bridgehead atoms. The molecule has 1 N–H and O–H groups in total. The average molecular weight is 323 g/mol. The van der Waals surface area contributed by atoms with Crippen molar-refractivity contribution in [2.45, 2.75) is 6.92 Å². The number of carbonyl (C=O) groups is 3. The van der Waals surface area contributed by atoms with Crippen molar-refractivity contribution in [3.63, 3.8) is 0 Å². The number of aryl methyl sites for hydroxylation is 1. The summed E-state index contributed by atoms with van der Waals surface area (Å²) in [6.07, 6.45) is 1.53. The highest BCUT2D eigenvalue weighted by molar-refractivity contribution is 5.98. The minimum Gasteiger partial charge on any atom is -0.479 e. The lowest BCUT2D eigenvalue weighted by Gasteiger charge is -2.34. The Morgan fingerprint density at radius 3 is 2.39 bits per heavy atom. The lowest BCUT2D eigenvalue weighted by Crippen LogP contribution is -2.52. The zero-order chi connectivity index (χ0) is 17.0. The van der Waals surface area contributed by atoms with E-state index in [4.69, 9.17) is 4.74 Å². The Hall–Kier alpha value is -2.58. The van der Waals surface area contributed by atoms with Gasteiger partial charge in [0.05, 0.1) is 13.7 Å². The Kier molecular flexibility index (Phi) is 5.20. The topological polar surface area (TPSA) is 96.8 Å². The first kappa shape index (κ1) is 16.8. The van der Waals surface area contributed by atoms with E-state index < -0.39 is 5.91 Å². The van der Waals surface area contributed by atoms with Gasteiger partial charge < -0.3 is 19.9 Å². The smallest absolute Gasteiger partial charge is 0.258 e. The van der Waals surface area contributed by atoms with Crippen LogP contribution in [-0.4, -0.2) is 77.1 Å². The zero-order valence-corrected chi connectivity index (χ0v) is 13.5. The molecular weight excluding hydrogens is 302 g/mol. The van der Waals surface area contributed by atoms with Gasteiger partial charge in [0.15, 0.2) is 0 Å². The second-order valence-corrected chi connectivity index (χ2v) is 5.30. The molecule has 126 valence electrons. The molecule has 2 heterocycles. The molecule has 0 spiro atoms. The fraction of sp³-hybridized carbons (Fsp3) is 0.571. The predicted octanol–water partition coefficient (Wildman–Crippen LogP) is -1.15. The van der Waals surface area contributed by atoms with Crippen LogP contribution in [0.4, 0.5) is 0 Å². The monoisotopic (exact) mass is 323 g/mol. The van der Waals surface area contributed by atoms with Crippen LogP contribution in [0.25, 0.3) is 0 Å². The maximum atomic E-state index is 12.1. The summed E-state index contributed by atoms with van der Waals surface area (Å²) in [4.78, 5) is 38.8. The quantitative estimate of drug-likeness (QED) is 0.755. The average Bonchev–Trinajstić information content (AvgIpc) is 2.93. The van der Waals surface area contributed by atoms with E-state index in [0.717, 1.165) is 0 Å². The molecule has 0 aliphatic carbocycles. The van der Waals surface area contributed by atoms with Gasteiger partial charge in [-0.15, -0.1) is 5.10 Å². The van der Waals surface area contributed by atoms with E-state index in [1.165, 1.54) is 24.9 Å². The van der Waals surface area contributed by atoms with Crippen molar-refractivity contribution in [3.8, 4) is 5.88 Å². The van der Waals surface area contributed by atoms with E-state index in [1.54, 1.807) is 16.8 Å². The van der Waals surface area contributed by atoms with E-state index in [-0.39, 0.29) is 29.8 Å². The highest BCUT2D eigenvalue weighted by Crippen LogP contribution is 2.14. The molecule has 0 radical (unpaired) electrons. The molecule has 23 heavy (non-hydrogen) atoms. The molecule has 1 saturated heterocycles. The van der Waals surface area contributed by atoms with Gasteiger partial charge in [0.2, 0.25) is 17.7 Å². The summed E-state index contributed by atoms with van der Waals surface area (Å²) in [5.74, 6) is -0.364. The third-order valence-electron chi connectivity index (χ3n) is 3.71. The molecule has 1 aliphatic rings. The van der Waals surface area contributed by atoms with Crippen molar-refractivity contribution in [1.29, 1.82) is 0 Å². The predicted molar refractivity (Wildman–Crippen MR) is 80.9 cm³/mol. The second-order valence-electron chi connectivity index (χ2n) is 5.30. The van der Waals surface area contributed by atoms with Gasteiger partial charge >= 0.3 is 0 Å². The van der Waals surface area contributed by atoms with Crippen molar-refractivity contribution < 1.29 is 19.1 Å². The Labute approximate surface area is 134 Å². The molecule has 2 rings (SSSR count). The molecule has 0 unspecified atom stereocenters. The molecule has 1 aliphatic heterocycles. The van der Waals surface area contributed by atoms with Gasteiger partial charge in [-0.05, 0) is 0 Å². The maximum absolute atomic E-state index is 12.1. The fourth-order valence-corrected chi connectivity index (χ4v) is 2.41. The molecule has 0 aromatic carbocycles. The molecule has 1 aromatic rings. The summed E-state index contributed by atoms with van der Waals surface area (Å²) < 4.78 is 6.49.